The molecule has 12 heavy (non-hydrogen) atoms. The number of hydrogen-bond donors (Lipinski definition) is 2. The molecule has 0 amide bonds. The van der Waals surface area contributed by atoms with Gasteiger partial charge in [0, 0.05) is 0 Å². The molecular weight excluding hydrogens is 148 g/mol. The zero-order valence-electron chi connectivity index (χ0n) is 8.46. The maximum Gasteiger partial charge on any atom is 0.0544 e. The normalized spacial score (nSPS) is 12.7. The number of rotatable bonds is 2. The Morgan fingerprint density at radius 2 is 1.08 bits per heavy atom. The molecule has 4 N–H and O–H groups in total. The van der Waals surface area contributed by atoms with Gasteiger partial charge in [-0.1, -0.05) is 26.0 Å². The third-order valence-corrected chi connectivity index (χ3v) is 1.03. The van der Waals surface area contributed by atoms with E-state index in [4.69, 9.17) is 11.5 Å². The van der Waals surface area contributed by atoms with Crippen molar-refractivity contribution >= 4 is 0 Å². The zero-order valence-corrected chi connectivity index (χ0v) is 8.46. The van der Waals surface area contributed by atoms with Crippen molar-refractivity contribution < 1.29 is 0 Å². The minimum Gasteiger partial charge on any atom is -0.397 e. The van der Waals surface area contributed by atoms with Crippen LogP contribution in [0.4, 0.5) is 0 Å². The smallest absolute Gasteiger partial charge is 0.0544 e. The first-order chi connectivity index (χ1) is 5.72. The van der Waals surface area contributed by atoms with E-state index in [1.165, 1.54) is 0 Å². The first-order valence-electron chi connectivity index (χ1n) is 4.23. The lowest BCUT2D eigenvalue weighted by Crippen LogP contribution is -2.05. The Kier molecular flexibility index (Phi) is 11.0. The van der Waals surface area contributed by atoms with Gasteiger partial charge >= 0.3 is 0 Å². The summed E-state index contributed by atoms with van der Waals surface area (Å²) in [5.41, 5.74) is 12.3. The Balaban J connectivity index is 0. The number of hydrogen-bond acceptors (Lipinski definition) is 2. The lowest BCUT2D eigenvalue weighted by Gasteiger charge is -1.95. The van der Waals surface area contributed by atoms with Gasteiger partial charge in [0.15, 0.2) is 0 Å². The third-order valence-electron chi connectivity index (χ3n) is 1.03. The quantitative estimate of drug-likeness (QED) is 0.621. The fraction of sp³-hybridized carbons (Fsp3) is 0.400. The lowest BCUT2D eigenvalue weighted by atomic mass is 10.3. The largest absolute Gasteiger partial charge is 0.397 e. The summed E-state index contributed by atoms with van der Waals surface area (Å²) in [7, 11) is 0. The van der Waals surface area contributed by atoms with E-state index in [9.17, 15) is 0 Å². The summed E-state index contributed by atoms with van der Waals surface area (Å²) >= 11 is 0. The van der Waals surface area contributed by atoms with Crippen molar-refractivity contribution in [1.29, 1.82) is 0 Å². The van der Waals surface area contributed by atoms with Crippen LogP contribution in [0.5, 0.6) is 0 Å². The Hall–Kier alpha value is -1.18. The maximum atomic E-state index is 5.53. The van der Waals surface area contributed by atoms with Gasteiger partial charge in [-0.25, -0.2) is 0 Å². The SMILES string of the molecule is CC.C\C=C/C(N)=C(N)\C=C/C. The van der Waals surface area contributed by atoms with E-state index in [0.29, 0.717) is 11.4 Å². The van der Waals surface area contributed by atoms with Crippen molar-refractivity contribution in [1.82, 2.24) is 0 Å². The first kappa shape index (κ1) is 13.4. The monoisotopic (exact) mass is 168 g/mol. The topological polar surface area (TPSA) is 52.0 Å². The molecule has 0 aromatic carbocycles. The van der Waals surface area contributed by atoms with E-state index in [0.717, 1.165) is 0 Å². The van der Waals surface area contributed by atoms with Gasteiger partial charge in [0.2, 0.25) is 0 Å². The average molecular weight is 168 g/mol. The molecule has 0 aliphatic heterocycles. The minimum atomic E-state index is 0.612. The molecule has 0 radical (unpaired) electrons. The van der Waals surface area contributed by atoms with Gasteiger partial charge in [-0.05, 0) is 26.0 Å². The van der Waals surface area contributed by atoms with Gasteiger partial charge in [0.05, 0.1) is 11.4 Å². The van der Waals surface area contributed by atoms with Crippen molar-refractivity contribution in [2.45, 2.75) is 27.7 Å². The molecule has 2 nitrogen and oxygen atoms in total. The number of nitrogens with two attached hydrogens (primary N) is 2. The summed E-state index contributed by atoms with van der Waals surface area (Å²) in [6.45, 7) is 7.80. The summed E-state index contributed by atoms with van der Waals surface area (Å²) in [6.07, 6.45) is 7.25. The van der Waals surface area contributed by atoms with Crippen LogP contribution in [-0.2, 0) is 0 Å². The Labute approximate surface area is 75.6 Å². The molecule has 0 aliphatic carbocycles. The summed E-state index contributed by atoms with van der Waals surface area (Å²) in [5, 5.41) is 0. The van der Waals surface area contributed by atoms with Crippen LogP contribution in [0.15, 0.2) is 35.7 Å². The Morgan fingerprint density at radius 3 is 1.25 bits per heavy atom. The van der Waals surface area contributed by atoms with Crippen LogP contribution >= 0.6 is 0 Å². The van der Waals surface area contributed by atoms with Crippen molar-refractivity contribution in [2.24, 2.45) is 11.5 Å². The first-order valence-corrected chi connectivity index (χ1v) is 4.23. The van der Waals surface area contributed by atoms with Crippen molar-refractivity contribution in [3.8, 4) is 0 Å². The molecule has 0 bridgehead atoms. The van der Waals surface area contributed by atoms with Gasteiger partial charge in [0.1, 0.15) is 0 Å². The van der Waals surface area contributed by atoms with Gasteiger partial charge < -0.3 is 11.5 Å². The third kappa shape index (κ3) is 6.93. The van der Waals surface area contributed by atoms with Crippen LogP contribution in [0.1, 0.15) is 27.7 Å². The van der Waals surface area contributed by atoms with E-state index < -0.39 is 0 Å². The molecule has 0 aromatic rings. The second kappa shape index (κ2) is 9.82. The van der Waals surface area contributed by atoms with E-state index >= 15 is 0 Å². The van der Waals surface area contributed by atoms with Crippen LogP contribution in [0.25, 0.3) is 0 Å². The second-order valence-corrected chi connectivity index (χ2v) is 1.91. The lowest BCUT2D eigenvalue weighted by molar-refractivity contribution is 1.27. The highest BCUT2D eigenvalue weighted by atomic mass is 14.7. The Bertz CT molecular complexity index is 156. The fourth-order valence-corrected chi connectivity index (χ4v) is 0.552. The molecule has 0 saturated heterocycles. The summed E-state index contributed by atoms with van der Waals surface area (Å²) < 4.78 is 0. The molecule has 0 unspecified atom stereocenters. The summed E-state index contributed by atoms with van der Waals surface area (Å²) in [5.74, 6) is 0. The molecule has 0 aliphatic rings. The van der Waals surface area contributed by atoms with Gasteiger partial charge in [0.25, 0.3) is 0 Å². The van der Waals surface area contributed by atoms with Gasteiger partial charge in [-0.15, -0.1) is 0 Å². The maximum absolute atomic E-state index is 5.53. The van der Waals surface area contributed by atoms with Crippen LogP contribution in [0, 0.1) is 0 Å². The molecule has 0 aromatic heterocycles. The minimum absolute atomic E-state index is 0.612. The van der Waals surface area contributed by atoms with Gasteiger partial charge in [-0.2, -0.15) is 0 Å². The molecular formula is C10H20N2. The molecule has 0 rings (SSSR count). The zero-order chi connectivity index (χ0) is 9.98. The van der Waals surface area contributed by atoms with Crippen molar-refractivity contribution in [3.05, 3.63) is 35.7 Å². The molecule has 0 fully saturated rings. The molecule has 0 atom stereocenters. The van der Waals surface area contributed by atoms with E-state index in [1.807, 2.05) is 39.8 Å². The highest BCUT2D eigenvalue weighted by molar-refractivity contribution is 5.27. The van der Waals surface area contributed by atoms with Crippen LogP contribution in [-0.4, -0.2) is 0 Å². The molecule has 0 saturated carbocycles. The summed E-state index contributed by atoms with van der Waals surface area (Å²) in [6, 6.07) is 0. The van der Waals surface area contributed by atoms with Gasteiger partial charge in [-0.3, -0.25) is 0 Å². The molecule has 0 spiro atoms. The highest BCUT2D eigenvalue weighted by Gasteiger charge is 1.86. The van der Waals surface area contributed by atoms with Crippen molar-refractivity contribution in [2.75, 3.05) is 0 Å². The standard InChI is InChI=1S/C8H14N2.C2H6/c1-3-5-7(9)8(10)6-4-2;1-2/h3-6H,9-10H2,1-2H3;1-2H3/b5-3-,6-4-,8-7-;. The number of allylic oxidation sites excluding steroid dienone is 4. The second-order valence-electron chi connectivity index (χ2n) is 1.91. The van der Waals surface area contributed by atoms with E-state index in [1.54, 1.807) is 12.2 Å². The van der Waals surface area contributed by atoms with E-state index in [2.05, 4.69) is 0 Å². The highest BCUT2D eigenvalue weighted by Crippen LogP contribution is 1.94. The van der Waals surface area contributed by atoms with Crippen LogP contribution in [0.2, 0.25) is 0 Å². The van der Waals surface area contributed by atoms with Crippen LogP contribution in [0.3, 0.4) is 0 Å². The summed E-state index contributed by atoms with van der Waals surface area (Å²) in [4.78, 5) is 0. The fourth-order valence-electron chi connectivity index (χ4n) is 0.552. The Morgan fingerprint density at radius 1 is 0.833 bits per heavy atom. The predicted molar refractivity (Wildman–Crippen MR) is 56.4 cm³/mol. The molecule has 0 heterocycles. The molecule has 70 valence electrons. The van der Waals surface area contributed by atoms with E-state index in [-0.39, 0.29) is 0 Å². The van der Waals surface area contributed by atoms with Crippen molar-refractivity contribution in [3.63, 3.8) is 0 Å². The average Bonchev–Trinajstić information content (AvgIpc) is 2.09. The predicted octanol–water partition coefficient (Wildman–Crippen LogP) is 2.29. The molecule has 2 heteroatoms. The van der Waals surface area contributed by atoms with Crippen LogP contribution < -0.4 is 11.5 Å².